The zero-order chi connectivity index (χ0) is 18.9. The van der Waals surface area contributed by atoms with Crippen LogP contribution in [0.3, 0.4) is 0 Å². The molecule has 0 bridgehead atoms. The highest BCUT2D eigenvalue weighted by atomic mass is 16.3. The van der Waals surface area contributed by atoms with Crippen molar-refractivity contribution in [1.29, 1.82) is 0 Å². The molecule has 5 rings (SSSR count). The Balaban J connectivity index is 1.74. The van der Waals surface area contributed by atoms with Gasteiger partial charge in [-0.1, -0.05) is 60.7 Å². The molecule has 3 aromatic rings. The molecular formula is C23H17N3O2. The average molecular weight is 367 g/mol. The number of aromatic amines is 1. The summed E-state index contributed by atoms with van der Waals surface area (Å²) in [4.78, 5) is 21.2. The van der Waals surface area contributed by atoms with Crippen molar-refractivity contribution in [2.24, 2.45) is 0 Å². The minimum atomic E-state index is -0.130. The maximum Gasteiger partial charge on any atom is 0.278 e. The molecule has 0 saturated carbocycles. The molecule has 0 spiro atoms. The summed E-state index contributed by atoms with van der Waals surface area (Å²) in [6.07, 6.45) is 3.78. The van der Waals surface area contributed by atoms with Crippen LogP contribution in [0.4, 0.5) is 0 Å². The van der Waals surface area contributed by atoms with Gasteiger partial charge in [-0.2, -0.15) is 0 Å². The van der Waals surface area contributed by atoms with Crippen LogP contribution in [0.5, 0.6) is 0 Å². The number of imidazole rings is 1. The molecule has 136 valence electrons. The van der Waals surface area contributed by atoms with Crippen LogP contribution in [-0.4, -0.2) is 14.5 Å². The van der Waals surface area contributed by atoms with Crippen LogP contribution in [0.1, 0.15) is 11.5 Å². The fourth-order valence-corrected chi connectivity index (χ4v) is 3.38. The zero-order valence-corrected chi connectivity index (χ0v) is 15.0. The van der Waals surface area contributed by atoms with Gasteiger partial charge in [0.25, 0.3) is 5.56 Å². The number of hydrogen-bond acceptors (Lipinski definition) is 3. The first-order chi connectivity index (χ1) is 13.8. The van der Waals surface area contributed by atoms with Gasteiger partial charge in [0.1, 0.15) is 11.5 Å². The summed E-state index contributed by atoms with van der Waals surface area (Å²) in [5, 5.41) is 0. The van der Waals surface area contributed by atoms with Gasteiger partial charge in [0.15, 0.2) is 5.82 Å². The number of hydrogen-bond donors (Lipinski definition) is 1. The van der Waals surface area contributed by atoms with Crippen molar-refractivity contribution in [1.82, 2.24) is 14.5 Å². The average Bonchev–Trinajstić information content (AvgIpc) is 3.37. The molecule has 5 nitrogen and oxygen atoms in total. The quantitative estimate of drug-likeness (QED) is 0.508. The van der Waals surface area contributed by atoms with Crippen LogP contribution in [0.2, 0.25) is 0 Å². The number of nitrogens with one attached hydrogen (secondary N) is 1. The van der Waals surface area contributed by atoms with E-state index in [0.29, 0.717) is 23.7 Å². The maximum atomic E-state index is 13.1. The van der Waals surface area contributed by atoms with Gasteiger partial charge in [-0.25, -0.2) is 4.98 Å². The normalized spacial score (nSPS) is 11.1. The summed E-state index contributed by atoms with van der Waals surface area (Å²) in [5.74, 6) is 1.33. The lowest BCUT2D eigenvalue weighted by Crippen LogP contribution is -2.16. The van der Waals surface area contributed by atoms with Crippen molar-refractivity contribution < 1.29 is 4.42 Å². The molecule has 0 radical (unpaired) electrons. The molecule has 1 N–H and O–H groups in total. The second-order valence-corrected chi connectivity index (χ2v) is 6.59. The van der Waals surface area contributed by atoms with Crippen molar-refractivity contribution in [3.05, 3.63) is 107 Å². The van der Waals surface area contributed by atoms with Gasteiger partial charge >= 0.3 is 0 Å². The highest BCUT2D eigenvalue weighted by molar-refractivity contribution is 5.71. The highest BCUT2D eigenvalue weighted by Crippen LogP contribution is 2.28. The highest BCUT2D eigenvalue weighted by Gasteiger charge is 2.21. The van der Waals surface area contributed by atoms with E-state index in [4.69, 9.17) is 4.42 Å². The van der Waals surface area contributed by atoms with E-state index in [2.05, 4.69) is 9.97 Å². The smallest absolute Gasteiger partial charge is 0.278 e. The van der Waals surface area contributed by atoms with E-state index < -0.39 is 0 Å². The second-order valence-electron chi connectivity index (χ2n) is 6.59. The van der Waals surface area contributed by atoms with Crippen molar-refractivity contribution in [3.8, 4) is 28.3 Å². The lowest BCUT2D eigenvalue weighted by Gasteiger charge is -2.13. The Kier molecular flexibility index (Phi) is 3.91. The fraction of sp³-hybridized carbons (Fsp3) is 0.0435. The number of fused-ring (bicyclic) bond motifs is 1. The van der Waals surface area contributed by atoms with E-state index in [0.717, 1.165) is 22.5 Å². The summed E-state index contributed by atoms with van der Waals surface area (Å²) in [6.45, 7) is 0. The zero-order valence-electron chi connectivity index (χ0n) is 15.0. The summed E-state index contributed by atoms with van der Waals surface area (Å²) >= 11 is 0. The molecule has 2 aliphatic rings. The van der Waals surface area contributed by atoms with Gasteiger partial charge in [0.2, 0.25) is 0 Å². The van der Waals surface area contributed by atoms with Crippen LogP contribution in [-0.2, 0) is 6.42 Å². The molecule has 5 heteroatoms. The number of aromatic nitrogens is 3. The number of rotatable bonds is 4. The van der Waals surface area contributed by atoms with E-state index in [9.17, 15) is 4.79 Å². The predicted octanol–water partition coefficient (Wildman–Crippen LogP) is 4.52. The van der Waals surface area contributed by atoms with E-state index in [1.807, 2.05) is 79.0 Å². The Hall–Kier alpha value is -3.86. The summed E-state index contributed by atoms with van der Waals surface area (Å²) in [5.41, 5.74) is 3.97. The van der Waals surface area contributed by atoms with E-state index in [-0.39, 0.29) is 5.56 Å². The summed E-state index contributed by atoms with van der Waals surface area (Å²) in [7, 11) is 0. The third-order valence-electron chi connectivity index (χ3n) is 4.75. The topological polar surface area (TPSA) is 63.8 Å². The summed E-state index contributed by atoms with van der Waals surface area (Å²) < 4.78 is 7.02. The van der Waals surface area contributed by atoms with Gasteiger partial charge in [-0.3, -0.25) is 9.36 Å². The third-order valence-corrected chi connectivity index (χ3v) is 4.75. The number of H-pyrrole nitrogens is 1. The first kappa shape index (κ1) is 16.3. The molecule has 0 saturated heterocycles. The lowest BCUT2D eigenvalue weighted by atomic mass is 10.1. The molecule has 0 atom stereocenters. The Morgan fingerprint density at radius 3 is 2.29 bits per heavy atom. The van der Waals surface area contributed by atoms with E-state index in [1.165, 1.54) is 0 Å². The number of furan rings is 1. The SMILES string of the molecule is O=c1c(Cc2ccco2)nc2c(-c3ccccc3)[nH]c(-c3ccccc3)cn1-2. The molecule has 1 aromatic heterocycles. The Morgan fingerprint density at radius 2 is 1.61 bits per heavy atom. The van der Waals surface area contributed by atoms with Crippen molar-refractivity contribution in [3.63, 3.8) is 0 Å². The van der Waals surface area contributed by atoms with Crippen molar-refractivity contribution in [2.75, 3.05) is 0 Å². The molecule has 2 aliphatic heterocycles. The van der Waals surface area contributed by atoms with Gasteiger partial charge in [-0.05, 0) is 17.7 Å². The van der Waals surface area contributed by atoms with Crippen LogP contribution >= 0.6 is 0 Å². The van der Waals surface area contributed by atoms with Crippen molar-refractivity contribution >= 4 is 0 Å². The van der Waals surface area contributed by atoms with Crippen LogP contribution in [0.15, 0.2) is 94.5 Å². The van der Waals surface area contributed by atoms with Crippen LogP contribution in [0, 0.1) is 0 Å². The standard InChI is InChI=1S/C23H17N3O2/c27-23-19(14-18-12-7-13-28-18)25-22-21(17-10-5-2-6-11-17)24-20(15-26(22)23)16-8-3-1-4-9-16/h1-13,15,24H,14H2. The molecule has 3 heterocycles. The Morgan fingerprint density at radius 1 is 0.893 bits per heavy atom. The van der Waals surface area contributed by atoms with Gasteiger partial charge < -0.3 is 9.40 Å². The first-order valence-corrected chi connectivity index (χ1v) is 9.07. The second kappa shape index (κ2) is 6.70. The van der Waals surface area contributed by atoms with Gasteiger partial charge in [0, 0.05) is 11.8 Å². The molecule has 0 fully saturated rings. The molecule has 0 aliphatic carbocycles. The fourth-order valence-electron chi connectivity index (χ4n) is 3.38. The van der Waals surface area contributed by atoms with E-state index in [1.54, 1.807) is 10.8 Å². The van der Waals surface area contributed by atoms with Gasteiger partial charge in [0.05, 0.1) is 24.1 Å². The minimum absolute atomic E-state index is 0.130. The first-order valence-electron chi connectivity index (χ1n) is 9.07. The Bertz CT molecular complexity index is 1240. The predicted molar refractivity (Wildman–Crippen MR) is 108 cm³/mol. The third kappa shape index (κ3) is 2.83. The number of benzene rings is 2. The maximum absolute atomic E-state index is 13.1. The van der Waals surface area contributed by atoms with Crippen LogP contribution < -0.4 is 5.56 Å². The molecule has 2 aromatic carbocycles. The molecule has 28 heavy (non-hydrogen) atoms. The summed E-state index contributed by atoms with van der Waals surface area (Å²) in [6, 6.07) is 23.5. The van der Waals surface area contributed by atoms with Gasteiger partial charge in [-0.15, -0.1) is 0 Å². The largest absolute Gasteiger partial charge is 0.469 e. The minimum Gasteiger partial charge on any atom is -0.469 e. The Labute approximate surface area is 161 Å². The number of nitrogens with zero attached hydrogens (tertiary/aromatic N) is 2. The molecule has 0 unspecified atom stereocenters. The molecule has 0 amide bonds. The monoisotopic (exact) mass is 367 g/mol. The van der Waals surface area contributed by atoms with E-state index >= 15 is 0 Å². The lowest BCUT2D eigenvalue weighted by molar-refractivity contribution is 0.519. The van der Waals surface area contributed by atoms with Crippen LogP contribution in [0.25, 0.3) is 28.3 Å². The molecular weight excluding hydrogens is 350 g/mol. The van der Waals surface area contributed by atoms with Crippen molar-refractivity contribution in [2.45, 2.75) is 6.42 Å².